The summed E-state index contributed by atoms with van der Waals surface area (Å²) in [6, 6.07) is 22.4. The summed E-state index contributed by atoms with van der Waals surface area (Å²) in [4.78, 5) is 25.2. The molecule has 0 unspecified atom stereocenters. The van der Waals surface area contributed by atoms with Gasteiger partial charge in [-0.2, -0.15) is 0 Å². The smallest absolute Gasteiger partial charge is 0.228 e. The van der Waals surface area contributed by atoms with Crippen LogP contribution in [0.25, 0.3) is 0 Å². The predicted octanol–water partition coefficient (Wildman–Crippen LogP) is 6.16. The van der Waals surface area contributed by atoms with Gasteiger partial charge in [0, 0.05) is 21.3 Å². The second-order valence-electron chi connectivity index (χ2n) is 8.09. The van der Waals surface area contributed by atoms with Crippen LogP contribution in [-0.2, 0) is 16.6 Å². The van der Waals surface area contributed by atoms with E-state index in [1.54, 1.807) is 24.3 Å². The Kier molecular flexibility index (Phi) is 6.33. The quantitative estimate of drug-likeness (QED) is 0.474. The average Bonchev–Trinajstić information content (AvgIpc) is 2.67. The van der Waals surface area contributed by atoms with E-state index >= 15 is 0 Å². The van der Waals surface area contributed by atoms with Gasteiger partial charge in [-0.3, -0.25) is 9.59 Å². The van der Waals surface area contributed by atoms with E-state index in [1.165, 1.54) is 5.56 Å². The zero-order valence-electron chi connectivity index (χ0n) is 16.8. The third kappa shape index (κ3) is 5.64. The van der Waals surface area contributed by atoms with Crippen LogP contribution in [0.4, 0.5) is 5.69 Å². The molecule has 0 radical (unpaired) electrons. The number of carbonyl (C=O) groups is 2. The van der Waals surface area contributed by atoms with Crippen molar-refractivity contribution in [2.24, 2.45) is 0 Å². The molecule has 0 aliphatic heterocycles. The van der Waals surface area contributed by atoms with Gasteiger partial charge in [-0.25, -0.2) is 0 Å². The molecule has 0 aliphatic carbocycles. The molecule has 3 rings (SSSR count). The largest absolute Gasteiger partial charge is 0.326 e. The van der Waals surface area contributed by atoms with E-state index in [0.29, 0.717) is 16.8 Å². The molecule has 0 fully saturated rings. The normalized spacial score (nSPS) is 11.2. The molecule has 0 aromatic heterocycles. The minimum atomic E-state index is -0.123. The van der Waals surface area contributed by atoms with Crippen LogP contribution in [0.5, 0.6) is 0 Å². The number of amides is 1. The highest BCUT2D eigenvalue weighted by molar-refractivity contribution is 9.10. The molecule has 29 heavy (non-hydrogen) atoms. The fourth-order valence-electron chi connectivity index (χ4n) is 3.06. The van der Waals surface area contributed by atoms with Crippen molar-refractivity contribution in [3.8, 4) is 0 Å². The fourth-order valence-corrected chi connectivity index (χ4v) is 3.51. The van der Waals surface area contributed by atoms with Gasteiger partial charge in [0.1, 0.15) is 0 Å². The Morgan fingerprint density at radius 2 is 1.55 bits per heavy atom. The summed E-state index contributed by atoms with van der Waals surface area (Å²) in [6.45, 7) is 6.43. The van der Waals surface area contributed by atoms with Crippen LogP contribution in [-0.4, -0.2) is 11.7 Å². The van der Waals surface area contributed by atoms with Gasteiger partial charge in [0.25, 0.3) is 0 Å². The van der Waals surface area contributed by atoms with Crippen LogP contribution in [0.3, 0.4) is 0 Å². The standard InChI is InChI=1S/C25H24BrNO2/c1-25(2,3)20-12-10-18(11-13-20)24(29)19-7-5-9-22(16-19)27-23(28)15-17-6-4-8-21(26)14-17/h4-14,16H,15H2,1-3H3,(H,27,28). The van der Waals surface area contributed by atoms with E-state index in [1.807, 2.05) is 48.5 Å². The van der Waals surface area contributed by atoms with Crippen LogP contribution >= 0.6 is 15.9 Å². The molecule has 3 aromatic rings. The fraction of sp³-hybridized carbons (Fsp3) is 0.200. The van der Waals surface area contributed by atoms with Gasteiger partial charge >= 0.3 is 0 Å². The van der Waals surface area contributed by atoms with E-state index in [0.717, 1.165) is 10.0 Å². The first-order valence-corrected chi connectivity index (χ1v) is 10.3. The van der Waals surface area contributed by atoms with E-state index < -0.39 is 0 Å². The van der Waals surface area contributed by atoms with Crippen LogP contribution in [0, 0.1) is 0 Å². The lowest BCUT2D eigenvalue weighted by Gasteiger charge is -2.19. The summed E-state index contributed by atoms with van der Waals surface area (Å²) in [5.74, 6) is -0.184. The van der Waals surface area contributed by atoms with E-state index in [4.69, 9.17) is 0 Å². The third-order valence-electron chi connectivity index (χ3n) is 4.68. The van der Waals surface area contributed by atoms with E-state index in [-0.39, 0.29) is 23.5 Å². The molecular formula is C25H24BrNO2. The molecule has 4 heteroatoms. The second kappa shape index (κ2) is 8.75. The minimum Gasteiger partial charge on any atom is -0.326 e. The highest BCUT2D eigenvalue weighted by Crippen LogP contribution is 2.23. The first kappa shape index (κ1) is 21.0. The summed E-state index contributed by atoms with van der Waals surface area (Å²) in [7, 11) is 0. The molecule has 0 bridgehead atoms. The molecule has 0 saturated heterocycles. The van der Waals surface area contributed by atoms with Crippen molar-refractivity contribution in [1.82, 2.24) is 0 Å². The number of anilines is 1. The number of nitrogens with one attached hydrogen (secondary N) is 1. The van der Waals surface area contributed by atoms with Gasteiger partial charge in [0.2, 0.25) is 5.91 Å². The van der Waals surface area contributed by atoms with Crippen molar-refractivity contribution < 1.29 is 9.59 Å². The number of ketones is 1. The van der Waals surface area contributed by atoms with Gasteiger partial charge in [0.15, 0.2) is 5.78 Å². The molecule has 0 atom stereocenters. The number of benzene rings is 3. The summed E-state index contributed by atoms with van der Waals surface area (Å²) >= 11 is 3.41. The van der Waals surface area contributed by atoms with Gasteiger partial charge in [-0.15, -0.1) is 0 Å². The van der Waals surface area contributed by atoms with Crippen LogP contribution in [0.1, 0.15) is 47.8 Å². The number of hydrogen-bond donors (Lipinski definition) is 1. The molecular weight excluding hydrogens is 426 g/mol. The predicted molar refractivity (Wildman–Crippen MR) is 121 cm³/mol. The second-order valence-corrected chi connectivity index (χ2v) is 9.01. The number of halogens is 1. The minimum absolute atomic E-state index is 0.0418. The van der Waals surface area contributed by atoms with Crippen molar-refractivity contribution >= 4 is 33.3 Å². The lowest BCUT2D eigenvalue weighted by Crippen LogP contribution is -2.15. The lowest BCUT2D eigenvalue weighted by atomic mass is 9.86. The van der Waals surface area contributed by atoms with E-state index in [9.17, 15) is 9.59 Å². The Hall–Kier alpha value is -2.72. The Morgan fingerprint density at radius 1 is 0.862 bits per heavy atom. The Morgan fingerprint density at radius 3 is 2.21 bits per heavy atom. The van der Waals surface area contributed by atoms with Gasteiger partial charge in [-0.05, 0) is 40.8 Å². The maximum atomic E-state index is 12.9. The number of carbonyl (C=O) groups excluding carboxylic acids is 2. The van der Waals surface area contributed by atoms with E-state index in [2.05, 4.69) is 42.0 Å². The Bertz CT molecular complexity index is 1030. The summed E-state index contributed by atoms with van der Waals surface area (Å²) in [5, 5.41) is 2.88. The van der Waals surface area contributed by atoms with Crippen LogP contribution in [0.2, 0.25) is 0 Å². The SMILES string of the molecule is CC(C)(C)c1ccc(C(=O)c2cccc(NC(=O)Cc3cccc(Br)c3)c2)cc1. The Labute approximate surface area is 180 Å². The van der Waals surface area contributed by atoms with Crippen molar-refractivity contribution in [3.05, 3.63) is 99.5 Å². The first-order chi connectivity index (χ1) is 13.7. The third-order valence-corrected chi connectivity index (χ3v) is 5.17. The Balaban J connectivity index is 1.71. The highest BCUT2D eigenvalue weighted by Gasteiger charge is 2.15. The number of rotatable bonds is 5. The molecule has 148 valence electrons. The molecule has 0 saturated carbocycles. The van der Waals surface area contributed by atoms with Crippen molar-refractivity contribution in [2.75, 3.05) is 5.32 Å². The monoisotopic (exact) mass is 449 g/mol. The zero-order chi connectivity index (χ0) is 21.0. The maximum Gasteiger partial charge on any atom is 0.228 e. The topological polar surface area (TPSA) is 46.2 Å². The van der Waals surface area contributed by atoms with Crippen LogP contribution < -0.4 is 5.32 Å². The van der Waals surface area contributed by atoms with Gasteiger partial charge in [-0.1, -0.05) is 85.2 Å². The highest BCUT2D eigenvalue weighted by atomic mass is 79.9. The molecule has 3 nitrogen and oxygen atoms in total. The van der Waals surface area contributed by atoms with Crippen molar-refractivity contribution in [1.29, 1.82) is 0 Å². The molecule has 1 N–H and O–H groups in total. The number of hydrogen-bond acceptors (Lipinski definition) is 2. The maximum absolute atomic E-state index is 12.9. The summed E-state index contributed by atoms with van der Waals surface area (Å²) < 4.78 is 0.938. The first-order valence-electron chi connectivity index (χ1n) is 9.52. The lowest BCUT2D eigenvalue weighted by molar-refractivity contribution is -0.115. The summed E-state index contributed by atoms with van der Waals surface area (Å²) in [6.07, 6.45) is 0.270. The van der Waals surface area contributed by atoms with Gasteiger partial charge in [0.05, 0.1) is 6.42 Å². The van der Waals surface area contributed by atoms with Crippen molar-refractivity contribution in [2.45, 2.75) is 32.6 Å². The average molecular weight is 450 g/mol. The zero-order valence-corrected chi connectivity index (χ0v) is 18.4. The van der Waals surface area contributed by atoms with Crippen LogP contribution in [0.15, 0.2) is 77.3 Å². The summed E-state index contributed by atoms with van der Waals surface area (Å²) in [5.41, 5.74) is 3.94. The molecule has 0 heterocycles. The van der Waals surface area contributed by atoms with Gasteiger partial charge < -0.3 is 5.32 Å². The molecule has 0 aliphatic rings. The van der Waals surface area contributed by atoms with Crippen molar-refractivity contribution in [3.63, 3.8) is 0 Å². The molecule has 1 amide bonds. The molecule has 0 spiro atoms. The molecule has 3 aromatic carbocycles.